The maximum Gasteiger partial charge on any atom is 0.107 e. The molecule has 1 aliphatic rings. The number of hydrogen-bond acceptors (Lipinski definition) is 4. The molecular formula is C12H20N2OS. The van der Waals surface area contributed by atoms with E-state index in [1.807, 2.05) is 0 Å². The maximum absolute atomic E-state index is 5.65. The molecule has 0 amide bonds. The molecule has 1 atom stereocenters. The molecule has 0 aromatic carbocycles. The van der Waals surface area contributed by atoms with Crippen LogP contribution in [-0.2, 0) is 17.9 Å². The fourth-order valence-corrected chi connectivity index (χ4v) is 2.09. The molecule has 2 rings (SSSR count). The average molecular weight is 240 g/mol. The Bertz CT molecular complexity index is 323. The molecule has 1 aromatic rings. The summed E-state index contributed by atoms with van der Waals surface area (Å²) in [5.41, 5.74) is 1.07. The molecule has 90 valence electrons. The van der Waals surface area contributed by atoms with E-state index in [4.69, 9.17) is 4.74 Å². The van der Waals surface area contributed by atoms with Crippen molar-refractivity contribution in [3.63, 3.8) is 0 Å². The molecule has 4 heteroatoms. The summed E-state index contributed by atoms with van der Waals surface area (Å²) in [6.07, 6.45) is 4.04. The molecule has 1 unspecified atom stereocenters. The summed E-state index contributed by atoms with van der Waals surface area (Å²) in [5, 5.41) is 6.75. The largest absolute Gasteiger partial charge is 0.372 e. The van der Waals surface area contributed by atoms with Crippen LogP contribution in [-0.4, -0.2) is 17.1 Å². The highest BCUT2D eigenvalue weighted by molar-refractivity contribution is 7.09. The van der Waals surface area contributed by atoms with Gasteiger partial charge in [-0.1, -0.05) is 6.92 Å². The zero-order chi connectivity index (χ0) is 11.4. The summed E-state index contributed by atoms with van der Waals surface area (Å²) in [7, 11) is 0. The fraction of sp³-hybridized carbons (Fsp3) is 0.750. The van der Waals surface area contributed by atoms with E-state index < -0.39 is 0 Å². The van der Waals surface area contributed by atoms with Crippen molar-refractivity contribution in [2.75, 3.05) is 0 Å². The quantitative estimate of drug-likeness (QED) is 0.795. The molecule has 1 saturated carbocycles. The molecule has 1 heterocycles. The number of rotatable bonds is 7. The summed E-state index contributed by atoms with van der Waals surface area (Å²) in [6, 6.07) is 0.753. The van der Waals surface area contributed by atoms with Crippen molar-refractivity contribution in [2.45, 2.75) is 58.4 Å². The van der Waals surface area contributed by atoms with Gasteiger partial charge in [0, 0.05) is 18.0 Å². The number of nitrogens with one attached hydrogen (secondary N) is 1. The lowest BCUT2D eigenvalue weighted by Gasteiger charge is -2.08. The first-order chi connectivity index (χ1) is 7.78. The molecular weight excluding hydrogens is 220 g/mol. The fourth-order valence-electron chi connectivity index (χ4n) is 1.36. The van der Waals surface area contributed by atoms with Gasteiger partial charge < -0.3 is 10.1 Å². The molecule has 0 radical (unpaired) electrons. The van der Waals surface area contributed by atoms with Gasteiger partial charge in [0.25, 0.3) is 0 Å². The average Bonchev–Trinajstić information content (AvgIpc) is 3.02. The third-order valence-corrected chi connectivity index (χ3v) is 3.71. The summed E-state index contributed by atoms with van der Waals surface area (Å²) < 4.78 is 5.65. The van der Waals surface area contributed by atoms with Crippen molar-refractivity contribution in [3.8, 4) is 0 Å². The third-order valence-electron chi connectivity index (χ3n) is 2.81. The third kappa shape index (κ3) is 3.85. The molecule has 0 spiro atoms. The van der Waals surface area contributed by atoms with Crippen LogP contribution >= 0.6 is 11.3 Å². The number of hydrogen-bond donors (Lipinski definition) is 1. The minimum absolute atomic E-state index is 0.328. The van der Waals surface area contributed by atoms with Gasteiger partial charge in [-0.2, -0.15) is 0 Å². The minimum atomic E-state index is 0.328. The Labute approximate surface area is 101 Å². The number of nitrogens with zero attached hydrogens (tertiary/aromatic N) is 1. The van der Waals surface area contributed by atoms with Crippen LogP contribution in [0.1, 0.15) is 43.8 Å². The van der Waals surface area contributed by atoms with Gasteiger partial charge in [0.2, 0.25) is 0 Å². The zero-order valence-corrected chi connectivity index (χ0v) is 10.8. The predicted molar refractivity (Wildman–Crippen MR) is 66.5 cm³/mol. The Hall–Kier alpha value is -0.450. The summed E-state index contributed by atoms with van der Waals surface area (Å²) in [5.74, 6) is 0. The van der Waals surface area contributed by atoms with Crippen LogP contribution in [0.5, 0.6) is 0 Å². The normalized spacial score (nSPS) is 17.6. The lowest BCUT2D eigenvalue weighted by Crippen LogP contribution is -2.15. The van der Waals surface area contributed by atoms with Crippen LogP contribution in [0, 0.1) is 0 Å². The van der Waals surface area contributed by atoms with Crippen LogP contribution in [0.3, 0.4) is 0 Å². The maximum atomic E-state index is 5.65. The van der Waals surface area contributed by atoms with Gasteiger partial charge in [-0.25, -0.2) is 4.98 Å². The summed E-state index contributed by atoms with van der Waals surface area (Å²) >= 11 is 1.72. The number of ether oxygens (including phenoxy) is 1. The molecule has 0 bridgehead atoms. The minimum Gasteiger partial charge on any atom is -0.372 e. The Kier molecular flexibility index (Phi) is 4.32. The molecule has 3 nitrogen and oxygen atoms in total. The zero-order valence-electron chi connectivity index (χ0n) is 10.0. The molecule has 0 aliphatic heterocycles. The van der Waals surface area contributed by atoms with Crippen LogP contribution in [0.4, 0.5) is 0 Å². The second-order valence-corrected chi connectivity index (χ2v) is 5.36. The molecule has 1 N–H and O–H groups in total. The first kappa shape index (κ1) is 12.0. The van der Waals surface area contributed by atoms with Crippen molar-refractivity contribution in [1.82, 2.24) is 10.3 Å². The highest BCUT2D eigenvalue weighted by atomic mass is 32.1. The van der Waals surface area contributed by atoms with Gasteiger partial charge in [0.15, 0.2) is 0 Å². The van der Waals surface area contributed by atoms with E-state index >= 15 is 0 Å². The van der Waals surface area contributed by atoms with E-state index in [1.165, 1.54) is 17.8 Å². The van der Waals surface area contributed by atoms with Gasteiger partial charge in [0.1, 0.15) is 5.01 Å². The van der Waals surface area contributed by atoms with Gasteiger partial charge in [-0.05, 0) is 26.2 Å². The van der Waals surface area contributed by atoms with Gasteiger partial charge >= 0.3 is 0 Å². The number of aromatic nitrogens is 1. The second kappa shape index (κ2) is 5.75. The molecule has 1 aromatic heterocycles. The lowest BCUT2D eigenvalue weighted by atomic mass is 10.3. The lowest BCUT2D eigenvalue weighted by molar-refractivity contribution is 0.0491. The van der Waals surface area contributed by atoms with E-state index in [2.05, 4.69) is 29.5 Å². The molecule has 1 fully saturated rings. The van der Waals surface area contributed by atoms with E-state index in [0.717, 1.165) is 24.7 Å². The smallest absolute Gasteiger partial charge is 0.107 e. The Morgan fingerprint density at radius 1 is 1.62 bits per heavy atom. The molecule has 0 saturated heterocycles. The van der Waals surface area contributed by atoms with E-state index in [-0.39, 0.29) is 0 Å². The van der Waals surface area contributed by atoms with E-state index in [9.17, 15) is 0 Å². The standard InChI is InChI=1S/C12H20N2OS/c1-3-9(2)15-7-11-8-16-12(14-11)6-13-10-4-5-10/h8-10,13H,3-7H2,1-2H3. The Morgan fingerprint density at radius 2 is 2.44 bits per heavy atom. The van der Waals surface area contributed by atoms with Gasteiger partial charge in [-0.15, -0.1) is 11.3 Å². The van der Waals surface area contributed by atoms with Crippen molar-refractivity contribution >= 4 is 11.3 Å². The summed E-state index contributed by atoms with van der Waals surface area (Å²) in [6.45, 7) is 5.80. The molecule has 16 heavy (non-hydrogen) atoms. The number of thiazole rings is 1. The first-order valence-electron chi connectivity index (χ1n) is 6.06. The van der Waals surface area contributed by atoms with Crippen LogP contribution in [0.2, 0.25) is 0 Å². The predicted octanol–water partition coefficient (Wildman–Crippen LogP) is 2.71. The first-order valence-corrected chi connectivity index (χ1v) is 6.94. The van der Waals surface area contributed by atoms with Crippen molar-refractivity contribution < 1.29 is 4.74 Å². The van der Waals surface area contributed by atoms with Gasteiger partial charge in [-0.3, -0.25) is 0 Å². The summed E-state index contributed by atoms with van der Waals surface area (Å²) in [4.78, 5) is 4.55. The topological polar surface area (TPSA) is 34.1 Å². The van der Waals surface area contributed by atoms with E-state index in [1.54, 1.807) is 11.3 Å². The Morgan fingerprint density at radius 3 is 3.12 bits per heavy atom. The monoisotopic (exact) mass is 240 g/mol. The Balaban J connectivity index is 1.72. The van der Waals surface area contributed by atoms with Crippen molar-refractivity contribution in [3.05, 3.63) is 16.1 Å². The highest BCUT2D eigenvalue weighted by Gasteiger charge is 2.20. The SMILES string of the molecule is CCC(C)OCc1csc(CNC2CC2)n1. The van der Waals surface area contributed by atoms with Gasteiger partial charge in [0.05, 0.1) is 18.4 Å². The van der Waals surface area contributed by atoms with E-state index in [0.29, 0.717) is 12.7 Å². The van der Waals surface area contributed by atoms with Crippen LogP contribution < -0.4 is 5.32 Å². The van der Waals surface area contributed by atoms with Crippen LogP contribution in [0.15, 0.2) is 5.38 Å². The molecule has 1 aliphatic carbocycles. The second-order valence-electron chi connectivity index (χ2n) is 4.42. The highest BCUT2D eigenvalue weighted by Crippen LogP contribution is 2.20. The van der Waals surface area contributed by atoms with Crippen molar-refractivity contribution in [2.24, 2.45) is 0 Å². The van der Waals surface area contributed by atoms with Crippen molar-refractivity contribution in [1.29, 1.82) is 0 Å². The van der Waals surface area contributed by atoms with Crippen LogP contribution in [0.25, 0.3) is 0 Å².